The van der Waals surface area contributed by atoms with E-state index in [0.29, 0.717) is 5.25 Å². The predicted molar refractivity (Wildman–Crippen MR) is 63.7 cm³/mol. The lowest BCUT2D eigenvalue weighted by Crippen LogP contribution is -2.03. The number of aliphatic hydroxyl groups excluding tert-OH is 1. The molecule has 0 fully saturated rings. The third kappa shape index (κ3) is 3.72. The molecule has 1 nitrogen and oxygen atoms in total. The highest BCUT2D eigenvalue weighted by molar-refractivity contribution is 7.99. The second kappa shape index (κ2) is 5.42. The molecule has 0 aliphatic rings. The van der Waals surface area contributed by atoms with Crippen molar-refractivity contribution < 1.29 is 5.11 Å². The van der Waals surface area contributed by atoms with Crippen LogP contribution in [0, 0.1) is 6.92 Å². The fourth-order valence-electron chi connectivity index (χ4n) is 1.26. The molecule has 1 aromatic carbocycles. The van der Waals surface area contributed by atoms with Crippen molar-refractivity contribution in [1.29, 1.82) is 0 Å². The normalized spacial score (nSPS) is 13.2. The first-order valence-corrected chi connectivity index (χ1v) is 6.00. The van der Waals surface area contributed by atoms with E-state index in [1.807, 2.05) is 31.2 Å². The van der Waals surface area contributed by atoms with E-state index in [1.165, 1.54) is 5.56 Å². The summed E-state index contributed by atoms with van der Waals surface area (Å²) in [7, 11) is 0. The van der Waals surface area contributed by atoms with Gasteiger partial charge in [-0.1, -0.05) is 43.7 Å². The van der Waals surface area contributed by atoms with Crippen LogP contribution in [0.25, 0.3) is 0 Å². The van der Waals surface area contributed by atoms with Gasteiger partial charge in [-0.3, -0.25) is 0 Å². The van der Waals surface area contributed by atoms with Crippen molar-refractivity contribution in [2.75, 3.05) is 5.75 Å². The third-order valence-electron chi connectivity index (χ3n) is 2.01. The molecule has 0 heterocycles. The Morgan fingerprint density at radius 2 is 2.07 bits per heavy atom. The zero-order valence-corrected chi connectivity index (χ0v) is 9.84. The van der Waals surface area contributed by atoms with Gasteiger partial charge in [0.05, 0.1) is 6.10 Å². The summed E-state index contributed by atoms with van der Waals surface area (Å²) in [5, 5.41) is 10.5. The molecule has 0 amide bonds. The Labute approximate surface area is 90.5 Å². The summed E-state index contributed by atoms with van der Waals surface area (Å²) in [5.74, 6) is 0.779. The van der Waals surface area contributed by atoms with Gasteiger partial charge in [-0.2, -0.15) is 11.8 Å². The van der Waals surface area contributed by atoms with E-state index >= 15 is 0 Å². The van der Waals surface area contributed by atoms with Gasteiger partial charge in [0, 0.05) is 5.75 Å². The number of thioether (sulfide) groups is 1. The number of hydrogen-bond donors (Lipinski definition) is 1. The van der Waals surface area contributed by atoms with Crippen molar-refractivity contribution in [1.82, 2.24) is 0 Å². The maximum Gasteiger partial charge on any atom is 0.0880 e. The lowest BCUT2D eigenvalue weighted by Gasteiger charge is -2.12. The molecule has 0 aliphatic heterocycles. The standard InChI is InChI=1S/C12H18OS/c1-9(2)14-8-12(13)11-6-4-5-10(3)7-11/h4-7,9,12-13H,8H2,1-3H3. The highest BCUT2D eigenvalue weighted by Gasteiger charge is 2.08. The van der Waals surface area contributed by atoms with E-state index in [4.69, 9.17) is 0 Å². The van der Waals surface area contributed by atoms with Gasteiger partial charge < -0.3 is 5.11 Å². The third-order valence-corrected chi connectivity index (χ3v) is 3.19. The van der Waals surface area contributed by atoms with Crippen LogP contribution in [-0.4, -0.2) is 16.1 Å². The molecule has 0 saturated heterocycles. The molecule has 14 heavy (non-hydrogen) atoms. The summed E-state index contributed by atoms with van der Waals surface area (Å²) in [6, 6.07) is 8.07. The van der Waals surface area contributed by atoms with Gasteiger partial charge >= 0.3 is 0 Å². The quantitative estimate of drug-likeness (QED) is 0.823. The van der Waals surface area contributed by atoms with Gasteiger partial charge in [0.1, 0.15) is 0 Å². The van der Waals surface area contributed by atoms with E-state index in [0.717, 1.165) is 11.3 Å². The van der Waals surface area contributed by atoms with Crippen LogP contribution in [0.15, 0.2) is 24.3 Å². The lowest BCUT2D eigenvalue weighted by molar-refractivity contribution is 0.204. The Bertz CT molecular complexity index is 283. The van der Waals surface area contributed by atoms with Gasteiger partial charge in [0.2, 0.25) is 0 Å². The van der Waals surface area contributed by atoms with Crippen molar-refractivity contribution in [3.63, 3.8) is 0 Å². The van der Waals surface area contributed by atoms with E-state index < -0.39 is 0 Å². The number of aliphatic hydroxyl groups is 1. The minimum atomic E-state index is -0.331. The van der Waals surface area contributed by atoms with Crippen LogP contribution in [0.3, 0.4) is 0 Å². The molecule has 1 N–H and O–H groups in total. The second-order valence-electron chi connectivity index (χ2n) is 3.81. The average molecular weight is 210 g/mol. The van der Waals surface area contributed by atoms with Crippen LogP contribution < -0.4 is 0 Å². The molecule has 78 valence electrons. The summed E-state index contributed by atoms with van der Waals surface area (Å²) in [4.78, 5) is 0. The molecule has 0 spiro atoms. The maximum atomic E-state index is 9.87. The Balaban J connectivity index is 2.56. The molecular weight excluding hydrogens is 192 g/mol. The molecule has 0 radical (unpaired) electrons. The van der Waals surface area contributed by atoms with E-state index in [9.17, 15) is 5.11 Å². The summed E-state index contributed by atoms with van der Waals surface area (Å²) < 4.78 is 0. The first-order valence-electron chi connectivity index (χ1n) is 4.96. The summed E-state index contributed by atoms with van der Waals surface area (Å²) in [6.07, 6.45) is -0.331. The second-order valence-corrected chi connectivity index (χ2v) is 5.42. The summed E-state index contributed by atoms with van der Waals surface area (Å²) in [5.41, 5.74) is 2.23. The summed E-state index contributed by atoms with van der Waals surface area (Å²) >= 11 is 1.79. The Hall–Kier alpha value is -0.470. The molecule has 1 atom stereocenters. The largest absolute Gasteiger partial charge is 0.388 e. The Morgan fingerprint density at radius 1 is 1.36 bits per heavy atom. The molecule has 0 saturated carbocycles. The minimum Gasteiger partial charge on any atom is -0.388 e. The summed E-state index contributed by atoms with van der Waals surface area (Å²) in [6.45, 7) is 6.34. The number of benzene rings is 1. The first kappa shape index (κ1) is 11.6. The molecule has 0 aromatic heterocycles. The molecule has 2 heteroatoms. The van der Waals surface area contributed by atoms with Crippen LogP contribution in [0.2, 0.25) is 0 Å². The van der Waals surface area contributed by atoms with Crippen molar-refractivity contribution in [2.24, 2.45) is 0 Å². The monoisotopic (exact) mass is 210 g/mol. The molecule has 0 bridgehead atoms. The van der Waals surface area contributed by atoms with E-state index in [2.05, 4.69) is 13.8 Å². The van der Waals surface area contributed by atoms with Gasteiger partial charge in [-0.25, -0.2) is 0 Å². The van der Waals surface area contributed by atoms with Crippen molar-refractivity contribution in [3.8, 4) is 0 Å². The van der Waals surface area contributed by atoms with Gasteiger partial charge in [0.15, 0.2) is 0 Å². The molecule has 1 aromatic rings. The topological polar surface area (TPSA) is 20.2 Å². The minimum absolute atomic E-state index is 0.331. The number of rotatable bonds is 4. The number of hydrogen-bond acceptors (Lipinski definition) is 2. The van der Waals surface area contributed by atoms with Crippen LogP contribution in [0.1, 0.15) is 31.1 Å². The smallest absolute Gasteiger partial charge is 0.0880 e. The van der Waals surface area contributed by atoms with Gasteiger partial charge in [-0.15, -0.1) is 0 Å². The molecule has 1 unspecified atom stereocenters. The zero-order valence-electron chi connectivity index (χ0n) is 9.03. The van der Waals surface area contributed by atoms with E-state index in [1.54, 1.807) is 11.8 Å². The van der Waals surface area contributed by atoms with Crippen LogP contribution in [0.5, 0.6) is 0 Å². The highest BCUT2D eigenvalue weighted by atomic mass is 32.2. The van der Waals surface area contributed by atoms with Crippen LogP contribution in [-0.2, 0) is 0 Å². The lowest BCUT2D eigenvalue weighted by atomic mass is 10.1. The van der Waals surface area contributed by atoms with E-state index in [-0.39, 0.29) is 6.10 Å². The molecular formula is C12H18OS. The van der Waals surface area contributed by atoms with Crippen molar-refractivity contribution in [2.45, 2.75) is 32.1 Å². The van der Waals surface area contributed by atoms with Crippen molar-refractivity contribution >= 4 is 11.8 Å². The van der Waals surface area contributed by atoms with Crippen LogP contribution >= 0.6 is 11.8 Å². The Kier molecular flexibility index (Phi) is 4.49. The van der Waals surface area contributed by atoms with Crippen LogP contribution in [0.4, 0.5) is 0 Å². The fraction of sp³-hybridized carbons (Fsp3) is 0.500. The average Bonchev–Trinajstić information content (AvgIpc) is 2.14. The predicted octanol–water partition coefficient (Wildman–Crippen LogP) is 3.17. The SMILES string of the molecule is Cc1cccc(C(O)CSC(C)C)c1. The molecule has 1 rings (SSSR count). The number of aryl methyl sites for hydroxylation is 1. The zero-order chi connectivity index (χ0) is 10.6. The highest BCUT2D eigenvalue weighted by Crippen LogP contribution is 2.21. The maximum absolute atomic E-state index is 9.87. The fourth-order valence-corrected chi connectivity index (χ4v) is 2.02. The van der Waals surface area contributed by atoms with Crippen molar-refractivity contribution in [3.05, 3.63) is 35.4 Å². The van der Waals surface area contributed by atoms with Gasteiger partial charge in [-0.05, 0) is 17.7 Å². The van der Waals surface area contributed by atoms with Gasteiger partial charge in [0.25, 0.3) is 0 Å². The Morgan fingerprint density at radius 3 is 2.64 bits per heavy atom. The first-order chi connectivity index (χ1) is 6.59. The molecule has 0 aliphatic carbocycles.